The minimum Gasteiger partial charge on any atom is -0.299 e. The summed E-state index contributed by atoms with van der Waals surface area (Å²) in [6.07, 6.45) is 10.8. The van der Waals surface area contributed by atoms with E-state index in [0.29, 0.717) is 18.3 Å². The van der Waals surface area contributed by atoms with Gasteiger partial charge in [-0.15, -0.1) is 0 Å². The van der Waals surface area contributed by atoms with Gasteiger partial charge in [-0.3, -0.25) is 9.59 Å². The number of ketones is 2. The zero-order valence-corrected chi connectivity index (χ0v) is 13.9. The van der Waals surface area contributed by atoms with Crippen molar-refractivity contribution in [2.75, 3.05) is 0 Å². The van der Waals surface area contributed by atoms with Crippen LogP contribution in [0.15, 0.2) is 24.3 Å². The van der Waals surface area contributed by atoms with Gasteiger partial charge in [0.15, 0.2) is 5.78 Å². The van der Waals surface area contributed by atoms with Crippen molar-refractivity contribution in [1.82, 2.24) is 0 Å². The number of allylic oxidation sites excluding steroid dienone is 3. The van der Waals surface area contributed by atoms with Gasteiger partial charge in [-0.1, -0.05) is 44.4 Å². The smallest absolute Gasteiger partial charge is 0.155 e. The normalized spacial score (nSPS) is 19.4. The summed E-state index contributed by atoms with van der Waals surface area (Å²) in [7, 11) is 0. The molecule has 1 rings (SSSR count). The quantitative estimate of drug-likeness (QED) is 0.471. The van der Waals surface area contributed by atoms with E-state index >= 15 is 0 Å². The van der Waals surface area contributed by atoms with Crippen LogP contribution in [0.5, 0.6) is 0 Å². The van der Waals surface area contributed by atoms with Crippen LogP contribution in [-0.2, 0) is 9.59 Å². The van der Waals surface area contributed by atoms with Crippen LogP contribution in [0.3, 0.4) is 0 Å². The van der Waals surface area contributed by atoms with Gasteiger partial charge in [0.05, 0.1) is 0 Å². The second-order valence-corrected chi connectivity index (χ2v) is 6.65. The first-order valence-electron chi connectivity index (χ1n) is 8.28. The zero-order chi connectivity index (χ0) is 15.8. The molecule has 1 fully saturated rings. The Labute approximate surface area is 129 Å². The molecule has 0 aromatic heterocycles. The van der Waals surface area contributed by atoms with E-state index in [1.54, 1.807) is 13.0 Å². The van der Waals surface area contributed by atoms with E-state index in [1.165, 1.54) is 19.3 Å². The first kappa shape index (κ1) is 17.9. The van der Waals surface area contributed by atoms with E-state index in [1.807, 2.05) is 13.0 Å². The van der Waals surface area contributed by atoms with Gasteiger partial charge in [-0.25, -0.2) is 0 Å². The summed E-state index contributed by atoms with van der Waals surface area (Å²) in [5.74, 6) is 1.08. The first-order valence-corrected chi connectivity index (χ1v) is 8.28. The molecule has 0 bridgehead atoms. The molecule has 0 heterocycles. The average Bonchev–Trinajstić information content (AvgIpc) is 2.45. The van der Waals surface area contributed by atoms with E-state index in [4.69, 9.17) is 0 Å². The molecule has 0 radical (unpaired) electrons. The molecule has 0 saturated heterocycles. The van der Waals surface area contributed by atoms with Crippen LogP contribution in [0.2, 0.25) is 0 Å². The van der Waals surface area contributed by atoms with Crippen LogP contribution >= 0.6 is 0 Å². The third-order valence-corrected chi connectivity index (χ3v) is 4.78. The lowest BCUT2D eigenvalue weighted by molar-refractivity contribution is -0.121. The van der Waals surface area contributed by atoms with E-state index in [0.717, 1.165) is 24.8 Å². The fourth-order valence-electron chi connectivity index (χ4n) is 3.02. The van der Waals surface area contributed by atoms with Crippen molar-refractivity contribution in [1.29, 1.82) is 0 Å². The van der Waals surface area contributed by atoms with Crippen LogP contribution in [0.4, 0.5) is 0 Å². The third-order valence-electron chi connectivity index (χ3n) is 4.78. The van der Waals surface area contributed by atoms with Gasteiger partial charge in [-0.05, 0) is 51.0 Å². The standard InChI is InChI=1S/C19H30O2/c1-14(2)15(3)10-11-18(21)12-13-19(16(4)20)17-8-6-5-7-9-17/h12-13,15,17,19H,1,5-11H2,2-4H3/b13-12+/t15?,19-/m1/s1. The summed E-state index contributed by atoms with van der Waals surface area (Å²) in [6, 6.07) is 0. The molecule has 21 heavy (non-hydrogen) atoms. The molecule has 0 N–H and O–H groups in total. The van der Waals surface area contributed by atoms with Crippen LogP contribution in [0.1, 0.15) is 65.7 Å². The molecule has 0 aromatic rings. The average molecular weight is 290 g/mol. The molecule has 1 aliphatic carbocycles. The topological polar surface area (TPSA) is 34.1 Å². The summed E-state index contributed by atoms with van der Waals surface area (Å²) < 4.78 is 0. The van der Waals surface area contributed by atoms with Crippen molar-refractivity contribution in [2.24, 2.45) is 17.8 Å². The highest BCUT2D eigenvalue weighted by molar-refractivity contribution is 5.91. The lowest BCUT2D eigenvalue weighted by Crippen LogP contribution is -2.22. The Balaban J connectivity index is 2.51. The Morgan fingerprint density at radius 1 is 1.19 bits per heavy atom. The van der Waals surface area contributed by atoms with Crippen molar-refractivity contribution in [3.05, 3.63) is 24.3 Å². The predicted molar refractivity (Wildman–Crippen MR) is 88.1 cm³/mol. The van der Waals surface area contributed by atoms with Crippen molar-refractivity contribution in [3.63, 3.8) is 0 Å². The molecule has 0 spiro atoms. The van der Waals surface area contributed by atoms with Crippen molar-refractivity contribution < 1.29 is 9.59 Å². The van der Waals surface area contributed by atoms with Gasteiger partial charge in [0.25, 0.3) is 0 Å². The highest BCUT2D eigenvalue weighted by Crippen LogP contribution is 2.31. The fourth-order valence-corrected chi connectivity index (χ4v) is 3.02. The molecule has 0 amide bonds. The minimum atomic E-state index is -0.0622. The minimum absolute atomic E-state index is 0.0622. The monoisotopic (exact) mass is 290 g/mol. The molecule has 1 saturated carbocycles. The molecule has 118 valence electrons. The zero-order valence-electron chi connectivity index (χ0n) is 13.9. The molecular weight excluding hydrogens is 260 g/mol. The molecule has 1 aliphatic rings. The van der Waals surface area contributed by atoms with Crippen molar-refractivity contribution in [3.8, 4) is 0 Å². The maximum absolute atomic E-state index is 12.0. The van der Waals surface area contributed by atoms with Crippen LogP contribution in [-0.4, -0.2) is 11.6 Å². The molecule has 2 nitrogen and oxygen atoms in total. The van der Waals surface area contributed by atoms with Gasteiger partial charge in [0.1, 0.15) is 5.78 Å². The van der Waals surface area contributed by atoms with Crippen LogP contribution in [0.25, 0.3) is 0 Å². The summed E-state index contributed by atoms with van der Waals surface area (Å²) in [6.45, 7) is 9.66. The van der Waals surface area contributed by atoms with Gasteiger partial charge in [0, 0.05) is 12.3 Å². The van der Waals surface area contributed by atoms with E-state index in [9.17, 15) is 9.59 Å². The van der Waals surface area contributed by atoms with Crippen molar-refractivity contribution >= 4 is 11.6 Å². The van der Waals surface area contributed by atoms with Crippen LogP contribution in [0, 0.1) is 17.8 Å². The van der Waals surface area contributed by atoms with Crippen LogP contribution < -0.4 is 0 Å². The number of hydrogen-bond donors (Lipinski definition) is 0. The second-order valence-electron chi connectivity index (χ2n) is 6.65. The Morgan fingerprint density at radius 2 is 1.81 bits per heavy atom. The van der Waals surface area contributed by atoms with Gasteiger partial charge in [-0.2, -0.15) is 0 Å². The third kappa shape index (κ3) is 6.41. The van der Waals surface area contributed by atoms with Gasteiger partial charge >= 0.3 is 0 Å². The number of carbonyl (C=O) groups excluding carboxylic acids is 2. The Bertz CT molecular complexity index is 400. The lowest BCUT2D eigenvalue weighted by atomic mass is 9.78. The highest BCUT2D eigenvalue weighted by atomic mass is 16.1. The number of carbonyl (C=O) groups is 2. The maximum atomic E-state index is 12.0. The molecule has 1 unspecified atom stereocenters. The predicted octanol–water partition coefficient (Wildman–Crippen LogP) is 4.89. The molecule has 2 heteroatoms. The van der Waals surface area contributed by atoms with E-state index in [2.05, 4.69) is 13.5 Å². The SMILES string of the molecule is C=C(C)C(C)CCC(=O)/C=C/[C@H](C(C)=O)C1CCCCC1. The van der Waals surface area contributed by atoms with E-state index < -0.39 is 0 Å². The summed E-state index contributed by atoms with van der Waals surface area (Å²) in [5.41, 5.74) is 1.12. The Kier molecular flexibility index (Phi) is 7.63. The Hall–Kier alpha value is -1.18. The summed E-state index contributed by atoms with van der Waals surface area (Å²) in [4.78, 5) is 23.8. The fraction of sp³-hybridized carbons (Fsp3) is 0.684. The molecule has 2 atom stereocenters. The maximum Gasteiger partial charge on any atom is 0.155 e. The number of hydrogen-bond acceptors (Lipinski definition) is 2. The van der Waals surface area contributed by atoms with Gasteiger partial charge in [0.2, 0.25) is 0 Å². The number of Topliss-reactive ketones (excluding diaryl/α,β-unsaturated/α-hetero) is 1. The molecule has 0 aromatic carbocycles. The second kappa shape index (κ2) is 8.96. The Morgan fingerprint density at radius 3 is 2.33 bits per heavy atom. The summed E-state index contributed by atoms with van der Waals surface area (Å²) >= 11 is 0. The molecular formula is C19H30O2. The highest BCUT2D eigenvalue weighted by Gasteiger charge is 2.25. The lowest BCUT2D eigenvalue weighted by Gasteiger charge is -2.26. The number of rotatable bonds is 8. The summed E-state index contributed by atoms with van der Waals surface area (Å²) in [5, 5.41) is 0. The van der Waals surface area contributed by atoms with Gasteiger partial charge < -0.3 is 0 Å². The largest absolute Gasteiger partial charge is 0.299 e. The molecule has 0 aliphatic heterocycles. The first-order chi connectivity index (χ1) is 9.91. The van der Waals surface area contributed by atoms with Crippen molar-refractivity contribution in [2.45, 2.75) is 65.7 Å². The van der Waals surface area contributed by atoms with E-state index in [-0.39, 0.29) is 17.5 Å².